The molecule has 0 bridgehead atoms. The molecule has 108 valence electrons. The summed E-state index contributed by atoms with van der Waals surface area (Å²) in [4.78, 5) is 14.0. The number of nitrogens with zero attached hydrogens (tertiary/aromatic N) is 1. The Hall–Kier alpha value is -1.75. The van der Waals surface area contributed by atoms with E-state index >= 15 is 0 Å². The van der Waals surface area contributed by atoms with Crippen LogP contribution in [0.4, 0.5) is 0 Å². The minimum absolute atomic E-state index is 0.0492. The zero-order valence-corrected chi connectivity index (χ0v) is 11.7. The zero-order chi connectivity index (χ0) is 14.1. The summed E-state index contributed by atoms with van der Waals surface area (Å²) in [6.45, 7) is 3.33. The molecule has 0 saturated heterocycles. The molecule has 2 N–H and O–H groups in total. The summed E-state index contributed by atoms with van der Waals surface area (Å²) in [6, 6.07) is 5.92. The van der Waals surface area contributed by atoms with Gasteiger partial charge in [0.25, 0.3) is 5.91 Å². The highest BCUT2D eigenvalue weighted by atomic mass is 16.5. The molecular formula is C15H20N2O3. The van der Waals surface area contributed by atoms with Crippen molar-refractivity contribution in [1.29, 1.82) is 0 Å². The number of ether oxygens (including phenoxy) is 2. The van der Waals surface area contributed by atoms with Crippen LogP contribution in [-0.4, -0.2) is 36.6 Å². The molecule has 1 saturated carbocycles. The summed E-state index contributed by atoms with van der Waals surface area (Å²) in [5.74, 6) is 1.46. The first-order chi connectivity index (χ1) is 9.69. The lowest BCUT2D eigenvalue weighted by atomic mass is 10.1. The van der Waals surface area contributed by atoms with E-state index < -0.39 is 0 Å². The Morgan fingerprint density at radius 1 is 1.50 bits per heavy atom. The molecule has 1 aliphatic heterocycles. The number of rotatable bonds is 5. The lowest BCUT2D eigenvalue weighted by Crippen LogP contribution is -2.36. The SMILES string of the molecule is CCN(C(=O)COc1ccc2c(c1)OCC2N)C1CC1. The highest BCUT2D eigenvalue weighted by Crippen LogP contribution is 2.34. The molecule has 0 radical (unpaired) electrons. The third-order valence-electron chi connectivity index (χ3n) is 3.81. The van der Waals surface area contributed by atoms with Gasteiger partial charge in [-0.3, -0.25) is 4.79 Å². The van der Waals surface area contributed by atoms with Gasteiger partial charge in [-0.25, -0.2) is 0 Å². The molecule has 0 aromatic heterocycles. The molecule has 1 aliphatic carbocycles. The lowest BCUT2D eigenvalue weighted by molar-refractivity contribution is -0.133. The Morgan fingerprint density at radius 2 is 2.30 bits per heavy atom. The van der Waals surface area contributed by atoms with E-state index in [4.69, 9.17) is 15.2 Å². The van der Waals surface area contributed by atoms with Gasteiger partial charge in [0.2, 0.25) is 0 Å². The maximum absolute atomic E-state index is 12.1. The second-order valence-corrected chi connectivity index (χ2v) is 5.32. The van der Waals surface area contributed by atoms with Crippen molar-refractivity contribution in [2.24, 2.45) is 5.73 Å². The Bertz CT molecular complexity index is 514. The molecule has 5 heteroatoms. The summed E-state index contributed by atoms with van der Waals surface area (Å²) >= 11 is 0. The van der Waals surface area contributed by atoms with Crippen LogP contribution in [0.1, 0.15) is 31.4 Å². The Morgan fingerprint density at radius 3 is 3.00 bits per heavy atom. The van der Waals surface area contributed by atoms with Crippen LogP contribution < -0.4 is 15.2 Å². The molecule has 3 rings (SSSR count). The molecule has 1 unspecified atom stereocenters. The fraction of sp³-hybridized carbons (Fsp3) is 0.533. The zero-order valence-electron chi connectivity index (χ0n) is 11.7. The molecule has 1 atom stereocenters. The summed E-state index contributed by atoms with van der Waals surface area (Å²) in [7, 11) is 0. The van der Waals surface area contributed by atoms with E-state index in [2.05, 4.69) is 0 Å². The molecular weight excluding hydrogens is 256 g/mol. The average molecular weight is 276 g/mol. The van der Waals surface area contributed by atoms with Gasteiger partial charge in [-0.2, -0.15) is 0 Å². The van der Waals surface area contributed by atoms with Crippen LogP contribution in [0.5, 0.6) is 11.5 Å². The number of nitrogens with two attached hydrogens (primary N) is 1. The normalized spacial score (nSPS) is 20.2. The van der Waals surface area contributed by atoms with Gasteiger partial charge in [0.1, 0.15) is 18.1 Å². The first kappa shape index (κ1) is 13.2. The van der Waals surface area contributed by atoms with Crippen LogP contribution in [-0.2, 0) is 4.79 Å². The van der Waals surface area contributed by atoms with E-state index in [0.717, 1.165) is 30.7 Å². The second kappa shape index (κ2) is 5.32. The minimum Gasteiger partial charge on any atom is -0.491 e. The number of carbonyl (C=O) groups is 1. The van der Waals surface area contributed by atoms with Crippen LogP contribution >= 0.6 is 0 Å². The summed E-state index contributed by atoms with van der Waals surface area (Å²) in [6.07, 6.45) is 2.23. The molecule has 1 amide bonds. The van der Waals surface area contributed by atoms with Crippen molar-refractivity contribution in [2.75, 3.05) is 19.8 Å². The van der Waals surface area contributed by atoms with Gasteiger partial charge in [-0.1, -0.05) is 0 Å². The van der Waals surface area contributed by atoms with Crippen LogP contribution in [0.15, 0.2) is 18.2 Å². The predicted molar refractivity (Wildman–Crippen MR) is 74.8 cm³/mol. The van der Waals surface area contributed by atoms with Crippen LogP contribution in [0, 0.1) is 0 Å². The molecule has 1 heterocycles. The Kier molecular flexibility index (Phi) is 3.53. The number of hydrogen-bond donors (Lipinski definition) is 1. The predicted octanol–water partition coefficient (Wildman–Crippen LogP) is 1.47. The van der Waals surface area contributed by atoms with Gasteiger partial charge >= 0.3 is 0 Å². The van der Waals surface area contributed by atoms with Gasteiger partial charge in [0.15, 0.2) is 6.61 Å². The second-order valence-electron chi connectivity index (χ2n) is 5.32. The van der Waals surface area contributed by atoms with Gasteiger partial charge < -0.3 is 20.1 Å². The first-order valence-electron chi connectivity index (χ1n) is 7.13. The fourth-order valence-electron chi connectivity index (χ4n) is 2.56. The summed E-state index contributed by atoms with van der Waals surface area (Å²) < 4.78 is 11.1. The number of carbonyl (C=O) groups excluding carboxylic acids is 1. The van der Waals surface area contributed by atoms with E-state index in [9.17, 15) is 4.79 Å². The fourth-order valence-corrected chi connectivity index (χ4v) is 2.56. The molecule has 20 heavy (non-hydrogen) atoms. The molecule has 1 aromatic carbocycles. The third-order valence-corrected chi connectivity index (χ3v) is 3.81. The van der Waals surface area contributed by atoms with E-state index in [1.807, 2.05) is 30.0 Å². The van der Waals surface area contributed by atoms with Gasteiger partial charge in [-0.15, -0.1) is 0 Å². The smallest absolute Gasteiger partial charge is 0.260 e. The summed E-state index contributed by atoms with van der Waals surface area (Å²) in [5.41, 5.74) is 6.89. The van der Waals surface area contributed by atoms with Crippen LogP contribution in [0.3, 0.4) is 0 Å². The number of fused-ring (bicyclic) bond motifs is 1. The molecule has 2 aliphatic rings. The molecule has 1 aromatic rings. The number of benzene rings is 1. The molecule has 1 fully saturated rings. The Labute approximate surface area is 118 Å². The van der Waals surface area contributed by atoms with E-state index in [1.165, 1.54) is 0 Å². The standard InChI is InChI=1S/C15H20N2O3/c1-2-17(10-3-4-10)15(18)9-19-11-5-6-12-13(16)8-20-14(12)7-11/h5-7,10,13H,2-4,8-9,16H2,1H3. The van der Waals surface area contributed by atoms with Crippen molar-refractivity contribution in [3.8, 4) is 11.5 Å². The topological polar surface area (TPSA) is 64.8 Å². The van der Waals surface area contributed by atoms with E-state index in [1.54, 1.807) is 0 Å². The largest absolute Gasteiger partial charge is 0.491 e. The van der Waals surface area contributed by atoms with Crippen molar-refractivity contribution in [1.82, 2.24) is 4.90 Å². The van der Waals surface area contributed by atoms with Crippen molar-refractivity contribution in [3.05, 3.63) is 23.8 Å². The van der Waals surface area contributed by atoms with Gasteiger partial charge in [0.05, 0.1) is 6.04 Å². The van der Waals surface area contributed by atoms with Crippen molar-refractivity contribution >= 4 is 5.91 Å². The lowest BCUT2D eigenvalue weighted by Gasteiger charge is -2.20. The van der Waals surface area contributed by atoms with E-state index in [-0.39, 0.29) is 18.6 Å². The number of likely N-dealkylation sites (N-methyl/N-ethyl adjacent to an activating group) is 1. The van der Waals surface area contributed by atoms with E-state index in [0.29, 0.717) is 18.4 Å². The quantitative estimate of drug-likeness (QED) is 0.884. The highest BCUT2D eigenvalue weighted by molar-refractivity contribution is 5.78. The average Bonchev–Trinajstić information content (AvgIpc) is 3.22. The van der Waals surface area contributed by atoms with Gasteiger partial charge in [0, 0.05) is 24.2 Å². The summed E-state index contributed by atoms with van der Waals surface area (Å²) in [5, 5.41) is 0. The van der Waals surface area contributed by atoms with Gasteiger partial charge in [-0.05, 0) is 31.9 Å². The van der Waals surface area contributed by atoms with Crippen molar-refractivity contribution in [3.63, 3.8) is 0 Å². The van der Waals surface area contributed by atoms with Crippen molar-refractivity contribution in [2.45, 2.75) is 31.8 Å². The number of amides is 1. The maximum Gasteiger partial charge on any atom is 0.260 e. The molecule has 5 nitrogen and oxygen atoms in total. The highest BCUT2D eigenvalue weighted by Gasteiger charge is 2.31. The number of hydrogen-bond acceptors (Lipinski definition) is 4. The monoisotopic (exact) mass is 276 g/mol. The minimum atomic E-state index is -0.0638. The van der Waals surface area contributed by atoms with Crippen LogP contribution in [0.2, 0.25) is 0 Å². The first-order valence-corrected chi connectivity index (χ1v) is 7.13. The van der Waals surface area contributed by atoms with Crippen molar-refractivity contribution < 1.29 is 14.3 Å². The molecule has 0 spiro atoms. The Balaban J connectivity index is 1.60. The van der Waals surface area contributed by atoms with Crippen LogP contribution in [0.25, 0.3) is 0 Å². The maximum atomic E-state index is 12.1. The third kappa shape index (κ3) is 2.58.